The SMILES string of the molecule is COC(=O)c1cc(Cl)c(Oc2cc(C(C)C)c(OC)c([N+](=O)[O-])c2)c(Cl)c1. The zero-order chi connectivity index (χ0) is 20.3. The average Bonchev–Trinajstić information content (AvgIpc) is 2.62. The summed E-state index contributed by atoms with van der Waals surface area (Å²) in [5.74, 6) is -0.260. The molecule has 0 amide bonds. The van der Waals surface area contributed by atoms with Crippen molar-refractivity contribution in [3.63, 3.8) is 0 Å². The van der Waals surface area contributed by atoms with Gasteiger partial charge >= 0.3 is 11.7 Å². The monoisotopic (exact) mass is 413 g/mol. The Morgan fingerprint density at radius 1 is 1.07 bits per heavy atom. The van der Waals surface area contributed by atoms with E-state index in [1.807, 2.05) is 13.8 Å². The van der Waals surface area contributed by atoms with Gasteiger partial charge in [-0.15, -0.1) is 0 Å². The Balaban J connectivity index is 2.55. The van der Waals surface area contributed by atoms with Crippen molar-refractivity contribution in [2.24, 2.45) is 0 Å². The molecule has 7 nitrogen and oxygen atoms in total. The maximum Gasteiger partial charge on any atom is 0.337 e. The number of methoxy groups -OCH3 is 2. The lowest BCUT2D eigenvalue weighted by atomic mass is 10.0. The summed E-state index contributed by atoms with van der Waals surface area (Å²) in [6.45, 7) is 3.74. The highest BCUT2D eigenvalue weighted by Gasteiger charge is 2.24. The van der Waals surface area contributed by atoms with Crippen LogP contribution in [-0.2, 0) is 4.74 Å². The van der Waals surface area contributed by atoms with Crippen LogP contribution in [0.4, 0.5) is 5.69 Å². The number of nitro benzene ring substituents is 1. The van der Waals surface area contributed by atoms with Gasteiger partial charge in [-0.25, -0.2) is 4.79 Å². The minimum atomic E-state index is -0.604. The Morgan fingerprint density at radius 2 is 1.67 bits per heavy atom. The third kappa shape index (κ3) is 4.43. The van der Waals surface area contributed by atoms with E-state index in [9.17, 15) is 14.9 Å². The van der Waals surface area contributed by atoms with Gasteiger partial charge < -0.3 is 14.2 Å². The van der Waals surface area contributed by atoms with Crippen LogP contribution in [0.1, 0.15) is 35.7 Å². The van der Waals surface area contributed by atoms with Crippen molar-refractivity contribution < 1.29 is 23.9 Å². The molecule has 0 aliphatic carbocycles. The van der Waals surface area contributed by atoms with Gasteiger partial charge in [-0.2, -0.15) is 0 Å². The Morgan fingerprint density at radius 3 is 2.11 bits per heavy atom. The van der Waals surface area contributed by atoms with Gasteiger partial charge in [-0.3, -0.25) is 10.1 Å². The van der Waals surface area contributed by atoms with E-state index in [4.69, 9.17) is 32.7 Å². The fourth-order valence-electron chi connectivity index (χ4n) is 2.47. The largest absolute Gasteiger partial charge is 0.490 e. The Hall–Kier alpha value is -2.51. The maximum absolute atomic E-state index is 11.6. The second-order valence-electron chi connectivity index (χ2n) is 5.84. The second-order valence-corrected chi connectivity index (χ2v) is 6.65. The first-order valence-electron chi connectivity index (χ1n) is 7.81. The number of benzene rings is 2. The van der Waals surface area contributed by atoms with Gasteiger partial charge in [0.15, 0.2) is 5.75 Å². The standard InChI is InChI=1S/C18H17Cl2NO6/c1-9(2)12-7-11(8-15(21(23)24)16(12)25-3)27-17-13(19)5-10(6-14(17)20)18(22)26-4/h5-9H,1-4H3. The summed E-state index contributed by atoms with van der Waals surface area (Å²) in [7, 11) is 2.60. The predicted molar refractivity (Wildman–Crippen MR) is 102 cm³/mol. The van der Waals surface area contributed by atoms with E-state index in [0.29, 0.717) is 5.56 Å². The van der Waals surface area contributed by atoms with Crippen LogP contribution >= 0.6 is 23.2 Å². The normalized spacial score (nSPS) is 10.6. The van der Waals surface area contributed by atoms with Crippen LogP contribution in [0.2, 0.25) is 10.0 Å². The predicted octanol–water partition coefficient (Wildman–Crippen LogP) is 5.61. The van der Waals surface area contributed by atoms with E-state index >= 15 is 0 Å². The van der Waals surface area contributed by atoms with Crippen LogP contribution in [0.5, 0.6) is 17.2 Å². The van der Waals surface area contributed by atoms with E-state index in [1.165, 1.54) is 32.4 Å². The van der Waals surface area contributed by atoms with E-state index in [0.717, 1.165) is 0 Å². The van der Waals surface area contributed by atoms with Crippen LogP contribution in [0.15, 0.2) is 24.3 Å². The molecule has 9 heteroatoms. The van der Waals surface area contributed by atoms with E-state index in [2.05, 4.69) is 4.74 Å². The topological polar surface area (TPSA) is 87.9 Å². The minimum Gasteiger partial charge on any atom is -0.490 e. The first kappa shape index (κ1) is 20.8. The molecule has 0 unspecified atom stereocenters. The van der Waals surface area contributed by atoms with Gasteiger partial charge in [0, 0.05) is 5.56 Å². The van der Waals surface area contributed by atoms with Crippen LogP contribution < -0.4 is 9.47 Å². The van der Waals surface area contributed by atoms with Gasteiger partial charge in [-0.1, -0.05) is 37.0 Å². The van der Waals surface area contributed by atoms with Crippen LogP contribution in [-0.4, -0.2) is 25.1 Å². The zero-order valence-electron chi connectivity index (χ0n) is 15.0. The fourth-order valence-corrected chi connectivity index (χ4v) is 3.03. The third-order valence-electron chi connectivity index (χ3n) is 3.73. The molecule has 0 atom stereocenters. The Kier molecular flexibility index (Phi) is 6.51. The van der Waals surface area contributed by atoms with Crippen LogP contribution in [0, 0.1) is 10.1 Å². The van der Waals surface area contributed by atoms with Gasteiger partial charge in [0.2, 0.25) is 5.75 Å². The van der Waals surface area contributed by atoms with Gasteiger partial charge in [0.05, 0.1) is 40.8 Å². The molecule has 0 aliphatic heterocycles. The summed E-state index contributed by atoms with van der Waals surface area (Å²) in [5.41, 5.74) is 0.515. The van der Waals surface area contributed by atoms with Crippen molar-refractivity contribution in [3.8, 4) is 17.2 Å². The number of nitro groups is 1. The van der Waals surface area contributed by atoms with Gasteiger partial charge in [0.1, 0.15) is 5.75 Å². The lowest BCUT2D eigenvalue weighted by molar-refractivity contribution is -0.385. The van der Waals surface area contributed by atoms with Crippen molar-refractivity contribution in [3.05, 3.63) is 55.6 Å². The number of carbonyl (C=O) groups is 1. The quantitative estimate of drug-likeness (QED) is 0.347. The molecule has 0 saturated carbocycles. The molecule has 0 spiro atoms. The molecule has 0 saturated heterocycles. The van der Waals surface area contributed by atoms with Gasteiger partial charge in [-0.05, 0) is 24.1 Å². The van der Waals surface area contributed by atoms with Crippen LogP contribution in [0.25, 0.3) is 0 Å². The van der Waals surface area contributed by atoms with Crippen molar-refractivity contribution >= 4 is 34.9 Å². The molecule has 2 rings (SSSR count). The molecule has 0 radical (unpaired) electrons. The van der Waals surface area contributed by atoms with Crippen molar-refractivity contribution in [2.75, 3.05) is 14.2 Å². The summed E-state index contributed by atoms with van der Waals surface area (Å²) >= 11 is 12.3. The number of esters is 1. The number of hydrogen-bond acceptors (Lipinski definition) is 6. The molecule has 2 aromatic rings. The number of hydrogen-bond donors (Lipinski definition) is 0. The van der Waals surface area contributed by atoms with Crippen molar-refractivity contribution in [1.82, 2.24) is 0 Å². The first-order valence-corrected chi connectivity index (χ1v) is 8.56. The maximum atomic E-state index is 11.6. The molecule has 0 aromatic heterocycles. The fraction of sp³-hybridized carbons (Fsp3) is 0.278. The van der Waals surface area contributed by atoms with Crippen LogP contribution in [0.3, 0.4) is 0 Å². The van der Waals surface area contributed by atoms with Gasteiger partial charge in [0.25, 0.3) is 0 Å². The summed E-state index contributed by atoms with van der Waals surface area (Å²) in [6, 6.07) is 5.54. The second kappa shape index (κ2) is 8.45. The molecular formula is C18H17Cl2NO6. The van der Waals surface area contributed by atoms with E-state index in [1.54, 1.807) is 6.07 Å². The molecule has 0 fully saturated rings. The molecule has 27 heavy (non-hydrogen) atoms. The minimum absolute atomic E-state index is 0.0603. The molecule has 144 valence electrons. The van der Waals surface area contributed by atoms with E-state index in [-0.39, 0.29) is 44.5 Å². The van der Waals surface area contributed by atoms with Crippen molar-refractivity contribution in [1.29, 1.82) is 0 Å². The summed E-state index contributed by atoms with van der Waals surface area (Å²) in [5, 5.41) is 11.5. The molecule has 0 heterocycles. The summed E-state index contributed by atoms with van der Waals surface area (Å²) in [6.07, 6.45) is 0. The summed E-state index contributed by atoms with van der Waals surface area (Å²) in [4.78, 5) is 22.5. The highest BCUT2D eigenvalue weighted by molar-refractivity contribution is 6.37. The highest BCUT2D eigenvalue weighted by atomic mass is 35.5. The third-order valence-corrected chi connectivity index (χ3v) is 4.30. The smallest absolute Gasteiger partial charge is 0.337 e. The molecule has 0 N–H and O–H groups in total. The number of carbonyl (C=O) groups excluding carboxylic acids is 1. The molecular weight excluding hydrogens is 397 g/mol. The number of halogens is 2. The summed E-state index contributed by atoms with van der Waals surface area (Å²) < 4.78 is 15.5. The lowest BCUT2D eigenvalue weighted by Gasteiger charge is -2.16. The number of ether oxygens (including phenoxy) is 3. The first-order chi connectivity index (χ1) is 12.7. The van der Waals surface area contributed by atoms with E-state index < -0.39 is 10.9 Å². The lowest BCUT2D eigenvalue weighted by Crippen LogP contribution is -2.02. The van der Waals surface area contributed by atoms with Crippen molar-refractivity contribution in [2.45, 2.75) is 19.8 Å². The number of rotatable bonds is 6. The Bertz CT molecular complexity index is 875. The average molecular weight is 414 g/mol. The Labute approximate surface area is 165 Å². The zero-order valence-corrected chi connectivity index (χ0v) is 16.6. The molecule has 0 aliphatic rings. The number of nitrogens with zero attached hydrogens (tertiary/aromatic N) is 1. The molecule has 2 aromatic carbocycles. The molecule has 0 bridgehead atoms. The highest BCUT2D eigenvalue weighted by Crippen LogP contribution is 2.43.